The van der Waals surface area contributed by atoms with E-state index in [4.69, 9.17) is 9.47 Å². The number of carbonyl (C=O) groups is 1. The summed E-state index contributed by atoms with van der Waals surface area (Å²) in [5.74, 6) is 1.62. The third-order valence-corrected chi connectivity index (χ3v) is 7.47. The van der Waals surface area contributed by atoms with E-state index in [1.54, 1.807) is 0 Å². The molecule has 33 heavy (non-hydrogen) atoms. The Hall–Kier alpha value is -1.86. The van der Waals surface area contributed by atoms with E-state index >= 15 is 0 Å². The van der Waals surface area contributed by atoms with Crippen molar-refractivity contribution in [1.82, 2.24) is 0 Å². The van der Waals surface area contributed by atoms with Crippen LogP contribution < -0.4 is 14.8 Å². The van der Waals surface area contributed by atoms with Gasteiger partial charge in [-0.15, -0.1) is 0 Å². The molecule has 0 saturated heterocycles. The Kier molecular flexibility index (Phi) is 12.0. The Bertz CT molecular complexity index is 904. The minimum absolute atomic E-state index is 0.0318. The molecule has 0 bridgehead atoms. The lowest BCUT2D eigenvalue weighted by molar-refractivity contribution is 0.108. The van der Waals surface area contributed by atoms with Gasteiger partial charge in [0, 0.05) is 16.9 Å². The normalized spacial score (nSPS) is 11.3. The Balaban J connectivity index is 2.17. The minimum atomic E-state index is 0.0318. The van der Waals surface area contributed by atoms with Gasteiger partial charge in [-0.25, -0.2) is 0 Å². The molecule has 1 atom stereocenters. The Morgan fingerprint density at radius 1 is 0.758 bits per heavy atom. The number of benzene rings is 2. The molecule has 0 fully saturated rings. The molecule has 0 aliphatic heterocycles. The molecular formula is C29H43O3P. The van der Waals surface area contributed by atoms with Crippen LogP contribution in [-0.2, 0) is 0 Å². The maximum atomic E-state index is 13.4. The molecule has 2 aromatic rings. The summed E-state index contributed by atoms with van der Waals surface area (Å²) < 4.78 is 12.2. The van der Waals surface area contributed by atoms with Gasteiger partial charge in [0.15, 0.2) is 5.52 Å². The predicted molar refractivity (Wildman–Crippen MR) is 143 cm³/mol. The van der Waals surface area contributed by atoms with E-state index in [0.717, 1.165) is 52.9 Å². The number of ether oxygens (including phenoxy) is 2. The molecule has 0 aliphatic carbocycles. The molecule has 4 heteroatoms. The Labute approximate surface area is 203 Å². The molecule has 0 N–H and O–H groups in total. The van der Waals surface area contributed by atoms with Crippen molar-refractivity contribution in [3.8, 4) is 11.5 Å². The van der Waals surface area contributed by atoms with Crippen LogP contribution in [-0.4, -0.2) is 18.7 Å². The fraction of sp³-hybridized carbons (Fsp3) is 0.552. The van der Waals surface area contributed by atoms with Gasteiger partial charge in [0.05, 0.1) is 13.2 Å². The fourth-order valence-corrected chi connectivity index (χ4v) is 5.25. The largest absolute Gasteiger partial charge is 0.493 e. The number of unbranched alkanes of at least 4 members (excludes halogenated alkanes) is 6. The van der Waals surface area contributed by atoms with Gasteiger partial charge in [0.25, 0.3) is 0 Å². The highest BCUT2D eigenvalue weighted by Crippen LogP contribution is 2.31. The maximum absolute atomic E-state index is 13.4. The lowest BCUT2D eigenvalue weighted by Gasteiger charge is -2.16. The number of hydrogen-bond donors (Lipinski definition) is 0. The second-order valence-corrected chi connectivity index (χ2v) is 10.3. The van der Waals surface area contributed by atoms with Crippen LogP contribution in [0.15, 0.2) is 24.3 Å². The van der Waals surface area contributed by atoms with Crippen LogP contribution in [0.3, 0.4) is 0 Å². The Morgan fingerprint density at radius 2 is 1.39 bits per heavy atom. The van der Waals surface area contributed by atoms with E-state index in [1.807, 2.05) is 25.1 Å². The molecule has 0 amide bonds. The van der Waals surface area contributed by atoms with Crippen molar-refractivity contribution in [2.75, 3.05) is 13.2 Å². The van der Waals surface area contributed by atoms with Crippen LogP contribution in [0.2, 0.25) is 0 Å². The molecule has 0 heterocycles. The summed E-state index contributed by atoms with van der Waals surface area (Å²) in [5.41, 5.74) is 5.63. The van der Waals surface area contributed by atoms with Crippen LogP contribution in [0.5, 0.6) is 11.5 Å². The molecule has 0 radical (unpaired) electrons. The summed E-state index contributed by atoms with van der Waals surface area (Å²) in [4.78, 5) is 13.4. The van der Waals surface area contributed by atoms with Crippen molar-refractivity contribution in [3.63, 3.8) is 0 Å². The first-order valence-corrected chi connectivity index (χ1v) is 13.7. The number of carbonyl (C=O) groups excluding carboxylic acids is 1. The SMILES string of the molecule is CCCCCCOc1ccc(PC(=O)c2c(C)cc(C)c(C)c2C)c(OCCCCCC)c1. The van der Waals surface area contributed by atoms with Gasteiger partial charge in [-0.05, 0) is 83.5 Å². The molecule has 0 saturated carbocycles. The summed E-state index contributed by atoms with van der Waals surface area (Å²) in [6.07, 6.45) is 9.35. The third kappa shape index (κ3) is 8.45. The second kappa shape index (κ2) is 14.4. The van der Waals surface area contributed by atoms with Gasteiger partial charge >= 0.3 is 0 Å². The van der Waals surface area contributed by atoms with Gasteiger partial charge in [-0.2, -0.15) is 0 Å². The maximum Gasteiger partial charge on any atom is 0.186 e. The van der Waals surface area contributed by atoms with E-state index < -0.39 is 0 Å². The highest BCUT2D eigenvalue weighted by atomic mass is 31.1. The van der Waals surface area contributed by atoms with Crippen molar-refractivity contribution < 1.29 is 14.3 Å². The average Bonchev–Trinajstić information content (AvgIpc) is 2.78. The molecule has 0 aromatic heterocycles. The highest BCUT2D eigenvalue weighted by Gasteiger charge is 2.18. The molecule has 2 rings (SSSR count). The second-order valence-electron chi connectivity index (χ2n) is 9.07. The van der Waals surface area contributed by atoms with Crippen LogP contribution in [0.1, 0.15) is 97.8 Å². The predicted octanol–water partition coefficient (Wildman–Crippen LogP) is 7.98. The van der Waals surface area contributed by atoms with Crippen LogP contribution in [0, 0.1) is 27.7 Å². The first-order chi connectivity index (χ1) is 15.9. The zero-order valence-electron chi connectivity index (χ0n) is 21.6. The summed E-state index contributed by atoms with van der Waals surface area (Å²) in [5, 5.41) is 0.964. The van der Waals surface area contributed by atoms with Crippen molar-refractivity contribution in [2.24, 2.45) is 0 Å². The van der Waals surface area contributed by atoms with Gasteiger partial charge in [-0.3, -0.25) is 4.79 Å². The smallest absolute Gasteiger partial charge is 0.186 e. The molecule has 3 nitrogen and oxygen atoms in total. The van der Waals surface area contributed by atoms with Crippen molar-refractivity contribution in [3.05, 3.63) is 52.1 Å². The quantitative estimate of drug-likeness (QED) is 0.195. The zero-order chi connectivity index (χ0) is 24.2. The summed E-state index contributed by atoms with van der Waals surface area (Å²) >= 11 is 0. The first-order valence-electron chi connectivity index (χ1n) is 12.7. The summed E-state index contributed by atoms with van der Waals surface area (Å²) in [7, 11) is 0.0318. The zero-order valence-corrected chi connectivity index (χ0v) is 22.6. The van der Waals surface area contributed by atoms with Crippen molar-refractivity contribution in [2.45, 2.75) is 92.9 Å². The Morgan fingerprint density at radius 3 is 2.03 bits per heavy atom. The lowest BCUT2D eigenvalue weighted by atomic mass is 9.95. The molecular weight excluding hydrogens is 427 g/mol. The topological polar surface area (TPSA) is 35.5 Å². The standard InChI is InChI=1S/C29H43O3P/c1-7-9-11-13-17-31-25-15-16-27(26(20-25)32-18-14-12-10-8-2)33-29(30)28-22(4)19-21(3)23(5)24(28)6/h15-16,19-20,33H,7-14,17-18H2,1-6H3. The fourth-order valence-electron chi connectivity index (χ4n) is 4.06. The van der Waals surface area contributed by atoms with Gasteiger partial charge in [0.2, 0.25) is 0 Å². The summed E-state index contributed by atoms with van der Waals surface area (Å²) in [6, 6.07) is 8.11. The number of aryl methyl sites for hydroxylation is 2. The van der Waals surface area contributed by atoms with E-state index in [9.17, 15) is 4.79 Å². The monoisotopic (exact) mass is 470 g/mol. The van der Waals surface area contributed by atoms with Crippen molar-refractivity contribution >= 4 is 19.4 Å². The first kappa shape index (κ1) is 27.4. The lowest BCUT2D eigenvalue weighted by Crippen LogP contribution is -2.11. The summed E-state index contributed by atoms with van der Waals surface area (Å²) in [6.45, 7) is 14.1. The molecule has 2 aromatic carbocycles. The van der Waals surface area contributed by atoms with Gasteiger partial charge in [-0.1, -0.05) is 58.4 Å². The van der Waals surface area contributed by atoms with Gasteiger partial charge in [0.1, 0.15) is 11.5 Å². The van der Waals surface area contributed by atoms with Crippen LogP contribution >= 0.6 is 8.58 Å². The van der Waals surface area contributed by atoms with Crippen LogP contribution in [0.25, 0.3) is 0 Å². The van der Waals surface area contributed by atoms with Crippen LogP contribution in [0.4, 0.5) is 0 Å². The van der Waals surface area contributed by atoms with Crippen molar-refractivity contribution in [1.29, 1.82) is 0 Å². The molecule has 182 valence electrons. The van der Waals surface area contributed by atoms with E-state index in [1.165, 1.54) is 49.7 Å². The third-order valence-electron chi connectivity index (χ3n) is 6.31. The van der Waals surface area contributed by atoms with E-state index in [2.05, 4.69) is 40.7 Å². The number of hydrogen-bond acceptors (Lipinski definition) is 3. The molecule has 0 spiro atoms. The van der Waals surface area contributed by atoms with E-state index in [0.29, 0.717) is 6.61 Å². The minimum Gasteiger partial charge on any atom is -0.493 e. The van der Waals surface area contributed by atoms with E-state index in [-0.39, 0.29) is 14.1 Å². The average molecular weight is 471 g/mol. The van der Waals surface area contributed by atoms with Gasteiger partial charge < -0.3 is 9.47 Å². The highest BCUT2D eigenvalue weighted by molar-refractivity contribution is 7.66. The molecule has 1 unspecified atom stereocenters. The number of rotatable bonds is 15. The molecule has 0 aliphatic rings.